The summed E-state index contributed by atoms with van der Waals surface area (Å²) in [4.78, 5) is 2.72. The molecular formula is C11H22N2. The molecule has 13 heavy (non-hydrogen) atoms. The zero-order valence-electron chi connectivity index (χ0n) is 8.87. The summed E-state index contributed by atoms with van der Waals surface area (Å²) >= 11 is 0. The molecular weight excluding hydrogens is 160 g/mol. The molecule has 2 atom stereocenters. The maximum atomic E-state index is 5.84. The maximum absolute atomic E-state index is 5.84. The van der Waals surface area contributed by atoms with E-state index in [2.05, 4.69) is 18.7 Å². The fourth-order valence-corrected chi connectivity index (χ4v) is 3.03. The van der Waals surface area contributed by atoms with Crippen molar-refractivity contribution in [3.63, 3.8) is 0 Å². The quantitative estimate of drug-likeness (QED) is 0.669. The highest BCUT2D eigenvalue weighted by molar-refractivity contribution is 4.94. The molecule has 1 saturated heterocycles. The molecule has 0 amide bonds. The Morgan fingerprint density at radius 3 is 2.08 bits per heavy atom. The van der Waals surface area contributed by atoms with Crippen LogP contribution in [-0.4, -0.2) is 29.1 Å². The van der Waals surface area contributed by atoms with Gasteiger partial charge in [0.15, 0.2) is 0 Å². The van der Waals surface area contributed by atoms with Gasteiger partial charge in [0, 0.05) is 24.2 Å². The van der Waals surface area contributed by atoms with Crippen molar-refractivity contribution in [1.82, 2.24) is 4.90 Å². The molecule has 0 aromatic rings. The Hall–Kier alpha value is -0.0800. The van der Waals surface area contributed by atoms with Crippen molar-refractivity contribution >= 4 is 0 Å². The molecule has 2 unspecified atom stereocenters. The molecule has 76 valence electrons. The molecule has 2 rings (SSSR count). The summed E-state index contributed by atoms with van der Waals surface area (Å²) < 4.78 is 0. The van der Waals surface area contributed by atoms with Crippen molar-refractivity contribution in [2.45, 2.75) is 70.1 Å². The summed E-state index contributed by atoms with van der Waals surface area (Å²) in [7, 11) is 0. The molecule has 2 N–H and O–H groups in total. The Bertz CT molecular complexity index is 165. The number of nitrogens with zero attached hydrogens (tertiary/aromatic N) is 1. The third-order valence-electron chi connectivity index (χ3n) is 3.83. The lowest BCUT2D eigenvalue weighted by Gasteiger charge is -2.49. The summed E-state index contributed by atoms with van der Waals surface area (Å²) in [5.74, 6) is 0. The van der Waals surface area contributed by atoms with Crippen LogP contribution >= 0.6 is 0 Å². The van der Waals surface area contributed by atoms with Crippen molar-refractivity contribution in [2.75, 3.05) is 0 Å². The van der Waals surface area contributed by atoms with Crippen LogP contribution in [0, 0.1) is 0 Å². The predicted octanol–water partition coefficient (Wildman–Crippen LogP) is 1.74. The van der Waals surface area contributed by atoms with Gasteiger partial charge in [0.05, 0.1) is 0 Å². The Labute approximate surface area is 81.5 Å². The Morgan fingerprint density at radius 2 is 1.62 bits per heavy atom. The van der Waals surface area contributed by atoms with Crippen LogP contribution in [0.5, 0.6) is 0 Å². The van der Waals surface area contributed by atoms with Gasteiger partial charge in [-0.25, -0.2) is 0 Å². The van der Waals surface area contributed by atoms with E-state index in [1.165, 1.54) is 32.1 Å². The van der Waals surface area contributed by atoms with E-state index in [9.17, 15) is 0 Å². The minimum Gasteiger partial charge on any atom is -0.328 e. The van der Waals surface area contributed by atoms with E-state index in [4.69, 9.17) is 5.73 Å². The average Bonchev–Trinajstić information content (AvgIpc) is 2.00. The molecule has 1 aliphatic carbocycles. The van der Waals surface area contributed by atoms with Gasteiger partial charge < -0.3 is 5.73 Å². The number of rotatable bonds is 1. The summed E-state index contributed by atoms with van der Waals surface area (Å²) in [5.41, 5.74) is 5.84. The lowest BCUT2D eigenvalue weighted by molar-refractivity contribution is 0.0106. The van der Waals surface area contributed by atoms with Gasteiger partial charge in [-0.2, -0.15) is 0 Å². The van der Waals surface area contributed by atoms with Crippen LogP contribution in [0.3, 0.4) is 0 Å². The van der Waals surface area contributed by atoms with E-state index < -0.39 is 0 Å². The molecule has 2 heteroatoms. The maximum Gasteiger partial charge on any atom is 0.0130 e. The van der Waals surface area contributed by atoms with Crippen LogP contribution in [0.1, 0.15) is 46.0 Å². The molecule has 2 aliphatic rings. The molecule has 1 saturated carbocycles. The molecule has 0 radical (unpaired) electrons. The lowest BCUT2D eigenvalue weighted by Crippen LogP contribution is -2.57. The number of nitrogens with two attached hydrogens (primary N) is 1. The predicted molar refractivity (Wildman–Crippen MR) is 55.6 cm³/mol. The van der Waals surface area contributed by atoms with E-state index in [-0.39, 0.29) is 0 Å². The summed E-state index contributed by atoms with van der Waals surface area (Å²) in [6.07, 6.45) is 6.65. The Morgan fingerprint density at radius 1 is 1.08 bits per heavy atom. The second-order valence-electron chi connectivity index (χ2n) is 4.96. The largest absolute Gasteiger partial charge is 0.328 e. The van der Waals surface area contributed by atoms with Gasteiger partial charge in [-0.15, -0.1) is 0 Å². The molecule has 0 bridgehead atoms. The third kappa shape index (κ3) is 1.75. The molecule has 1 aliphatic heterocycles. The van der Waals surface area contributed by atoms with Gasteiger partial charge in [0.2, 0.25) is 0 Å². The van der Waals surface area contributed by atoms with Crippen molar-refractivity contribution in [1.29, 1.82) is 0 Å². The highest BCUT2D eigenvalue weighted by atomic mass is 15.2. The molecule has 0 spiro atoms. The first kappa shape index (κ1) is 9.47. The van der Waals surface area contributed by atoms with Gasteiger partial charge in [0.1, 0.15) is 0 Å². The number of hydrogen-bond acceptors (Lipinski definition) is 2. The Kier molecular flexibility index (Phi) is 2.61. The van der Waals surface area contributed by atoms with Crippen LogP contribution in [0.25, 0.3) is 0 Å². The van der Waals surface area contributed by atoms with Crippen LogP contribution in [0.15, 0.2) is 0 Å². The van der Waals surface area contributed by atoms with Crippen LogP contribution in [-0.2, 0) is 0 Å². The van der Waals surface area contributed by atoms with E-state index in [0.29, 0.717) is 6.04 Å². The lowest BCUT2D eigenvalue weighted by atomic mass is 9.82. The fraction of sp³-hybridized carbons (Fsp3) is 1.00. The van der Waals surface area contributed by atoms with Crippen LogP contribution in [0.2, 0.25) is 0 Å². The van der Waals surface area contributed by atoms with Gasteiger partial charge in [-0.1, -0.05) is 6.42 Å². The second-order valence-corrected chi connectivity index (χ2v) is 4.96. The average molecular weight is 182 g/mol. The van der Waals surface area contributed by atoms with E-state index >= 15 is 0 Å². The number of hydrogen-bond donors (Lipinski definition) is 1. The van der Waals surface area contributed by atoms with E-state index in [1.54, 1.807) is 0 Å². The van der Waals surface area contributed by atoms with Crippen molar-refractivity contribution in [2.24, 2.45) is 5.73 Å². The van der Waals surface area contributed by atoms with E-state index in [1.807, 2.05) is 0 Å². The Balaban J connectivity index is 1.94. The minimum absolute atomic E-state index is 0.492. The molecule has 2 fully saturated rings. The molecule has 0 aromatic heterocycles. The standard InChI is InChI=1S/C11H22N2/c1-8-4-3-5-9(2)13(8)11-6-10(12)7-11/h8-11H,3-7,12H2,1-2H3. The van der Waals surface area contributed by atoms with Crippen molar-refractivity contribution in [3.8, 4) is 0 Å². The smallest absolute Gasteiger partial charge is 0.0130 e. The zero-order chi connectivity index (χ0) is 9.42. The summed E-state index contributed by atoms with van der Waals surface area (Å²) in [5, 5.41) is 0. The number of piperidine rings is 1. The van der Waals surface area contributed by atoms with Crippen LogP contribution < -0.4 is 5.73 Å². The van der Waals surface area contributed by atoms with Crippen LogP contribution in [0.4, 0.5) is 0 Å². The van der Waals surface area contributed by atoms with Gasteiger partial charge in [-0.05, 0) is 39.5 Å². The van der Waals surface area contributed by atoms with Gasteiger partial charge >= 0.3 is 0 Å². The highest BCUT2D eigenvalue weighted by Gasteiger charge is 2.37. The zero-order valence-corrected chi connectivity index (χ0v) is 8.87. The third-order valence-corrected chi connectivity index (χ3v) is 3.83. The number of likely N-dealkylation sites (tertiary alicyclic amines) is 1. The van der Waals surface area contributed by atoms with Crippen molar-refractivity contribution < 1.29 is 0 Å². The van der Waals surface area contributed by atoms with Gasteiger partial charge in [-0.3, -0.25) is 4.90 Å². The first-order chi connectivity index (χ1) is 6.18. The highest BCUT2D eigenvalue weighted by Crippen LogP contribution is 2.33. The van der Waals surface area contributed by atoms with Gasteiger partial charge in [0.25, 0.3) is 0 Å². The normalized spacial score (nSPS) is 47.3. The minimum atomic E-state index is 0.492. The fourth-order valence-electron chi connectivity index (χ4n) is 3.03. The monoisotopic (exact) mass is 182 g/mol. The molecule has 0 aromatic carbocycles. The topological polar surface area (TPSA) is 29.3 Å². The molecule has 2 nitrogen and oxygen atoms in total. The first-order valence-electron chi connectivity index (χ1n) is 5.71. The summed E-state index contributed by atoms with van der Waals surface area (Å²) in [6, 6.07) is 2.88. The SMILES string of the molecule is CC1CCCC(C)N1C1CC(N)C1. The first-order valence-corrected chi connectivity index (χ1v) is 5.71. The van der Waals surface area contributed by atoms with E-state index in [0.717, 1.165) is 18.1 Å². The molecule has 1 heterocycles. The second kappa shape index (κ2) is 3.58. The summed E-state index contributed by atoms with van der Waals surface area (Å²) in [6.45, 7) is 4.75. The van der Waals surface area contributed by atoms with Crippen molar-refractivity contribution in [3.05, 3.63) is 0 Å².